The molecule has 1 fully saturated rings. The van der Waals surface area contributed by atoms with Crippen LogP contribution in [0.2, 0.25) is 22.2 Å². The monoisotopic (exact) mass is 642 g/mol. The second-order valence-corrected chi connectivity index (χ2v) is 67.4. The quantitative estimate of drug-likeness (QED) is 0.160. The molecule has 176 valence electrons. The summed E-state index contributed by atoms with van der Waals surface area (Å²) in [6.45, 7) is 12.0. The normalized spacial score (nSPS) is 22.5. The Kier molecular flexibility index (Phi) is 13.9. The Balaban J connectivity index is 3.48. The van der Waals surface area contributed by atoms with Crippen LogP contribution in [0, 0.1) is 0 Å². The van der Waals surface area contributed by atoms with E-state index in [0.717, 1.165) is 4.44 Å². The summed E-state index contributed by atoms with van der Waals surface area (Å²) in [7, 11) is 0. The zero-order valence-electron chi connectivity index (χ0n) is 20.4. The Morgan fingerprint density at radius 3 is 1.60 bits per heavy atom. The van der Waals surface area contributed by atoms with Crippen LogP contribution in [0.15, 0.2) is 0 Å². The maximum absolute atomic E-state index is 11.9. The van der Waals surface area contributed by atoms with E-state index in [0.29, 0.717) is 0 Å². The van der Waals surface area contributed by atoms with Crippen molar-refractivity contribution >= 4 is 41.2 Å². The van der Waals surface area contributed by atoms with Gasteiger partial charge in [0.15, 0.2) is 0 Å². The Hall–Kier alpha value is 0.497. The topological polar surface area (TPSA) is 61.8 Å². The van der Waals surface area contributed by atoms with E-state index in [9.17, 15) is 9.59 Å². The third-order valence-electron chi connectivity index (χ3n) is 6.69. The van der Waals surface area contributed by atoms with Crippen LogP contribution in [0.5, 0.6) is 0 Å². The first-order chi connectivity index (χ1) is 14.3. The van der Waals surface area contributed by atoms with E-state index in [1.54, 1.807) is 0 Å². The summed E-state index contributed by atoms with van der Waals surface area (Å²) in [6, 6.07) is 0. The van der Waals surface area contributed by atoms with Crippen molar-refractivity contribution in [2.45, 2.75) is 127 Å². The van der Waals surface area contributed by atoms with E-state index >= 15 is 0 Å². The molecule has 0 radical (unpaired) electrons. The molecule has 1 saturated heterocycles. The summed E-state index contributed by atoms with van der Waals surface area (Å²) in [4.78, 5) is 23.8. The molecule has 0 N–H and O–H groups in total. The number of hydrogen-bond donors (Lipinski definition) is 0. The zero-order chi connectivity index (χ0) is 22.6. The Morgan fingerprint density at radius 1 is 0.767 bits per heavy atom. The van der Waals surface area contributed by atoms with Crippen LogP contribution in [0.25, 0.3) is 0 Å². The number of ether oxygens (including phenoxy) is 2. The van der Waals surface area contributed by atoms with Crippen LogP contribution in [-0.4, -0.2) is 53.6 Å². The Bertz CT molecular complexity index is 464. The van der Waals surface area contributed by atoms with E-state index in [-0.39, 0.29) is 11.9 Å². The summed E-state index contributed by atoms with van der Waals surface area (Å²) in [6.07, 6.45) is 8.69. The minimum absolute atomic E-state index is 0.295. The number of esters is 2. The van der Waals surface area contributed by atoms with Crippen LogP contribution >= 0.6 is 0 Å². The fourth-order valence-corrected chi connectivity index (χ4v) is 101. The van der Waals surface area contributed by atoms with Gasteiger partial charge in [-0.05, 0) is 0 Å². The van der Waals surface area contributed by atoms with Gasteiger partial charge in [0.2, 0.25) is 0 Å². The zero-order valence-corrected chi connectivity index (χ0v) is 26.1. The summed E-state index contributed by atoms with van der Waals surface area (Å²) < 4.78 is 24.8. The average molecular weight is 640 g/mol. The summed E-state index contributed by atoms with van der Waals surface area (Å²) >= 11 is -5.81. The van der Waals surface area contributed by atoms with Gasteiger partial charge in [0.25, 0.3) is 0 Å². The fourth-order valence-electron chi connectivity index (χ4n) is 5.18. The predicted molar refractivity (Wildman–Crippen MR) is 127 cm³/mol. The van der Waals surface area contributed by atoms with Gasteiger partial charge in [0.1, 0.15) is 0 Å². The second kappa shape index (κ2) is 14.6. The molecule has 0 aromatic carbocycles. The SMILES string of the molecule is CCC[CH2][Sn]1([CH2]CCC)[CH2]C(OC(C)=O)C(OC(C)=O)[O][Sn]1([CH2]CCC)[CH2]CCC. The summed E-state index contributed by atoms with van der Waals surface area (Å²) in [5.41, 5.74) is 0. The standard InChI is InChI=1S/C7H10O5.4C4H9.2Sn/c1-4(11-5(2)8)7(10)12-6(3)9;4*1-3-4-2;;/h4,7H,1H2,2-3H3;4*1,3-4H2,2H3;;/q-1;;;;;;+1. The molecule has 5 nitrogen and oxygen atoms in total. The van der Waals surface area contributed by atoms with Crippen LogP contribution in [0.3, 0.4) is 0 Å². The molecule has 1 heterocycles. The van der Waals surface area contributed by atoms with E-state index in [1.165, 1.54) is 83.0 Å². The molecule has 0 aliphatic carbocycles. The van der Waals surface area contributed by atoms with Crippen molar-refractivity contribution in [1.82, 2.24) is 0 Å². The van der Waals surface area contributed by atoms with Gasteiger partial charge < -0.3 is 0 Å². The van der Waals surface area contributed by atoms with Gasteiger partial charge in [-0.2, -0.15) is 0 Å². The molecule has 0 saturated carbocycles. The van der Waals surface area contributed by atoms with Crippen molar-refractivity contribution in [2.24, 2.45) is 0 Å². The first kappa shape index (κ1) is 28.5. The minimum atomic E-state index is -3.04. The molecule has 2 atom stereocenters. The van der Waals surface area contributed by atoms with Gasteiger partial charge in [-0.25, -0.2) is 0 Å². The third-order valence-corrected chi connectivity index (χ3v) is 94.0. The Labute approximate surface area is 189 Å². The van der Waals surface area contributed by atoms with Gasteiger partial charge in [0.05, 0.1) is 0 Å². The summed E-state index contributed by atoms with van der Waals surface area (Å²) in [5, 5.41) is 0. The predicted octanol–water partition coefficient (Wildman–Crippen LogP) is 6.51. The number of rotatable bonds is 14. The van der Waals surface area contributed by atoms with Crippen molar-refractivity contribution < 1.29 is 22.1 Å². The molecule has 0 bridgehead atoms. The number of unbranched alkanes of at least 4 members (excludes halogenated alkanes) is 4. The fraction of sp³-hybridized carbons (Fsp3) is 0.913. The van der Waals surface area contributed by atoms with Crippen molar-refractivity contribution in [3.8, 4) is 0 Å². The average Bonchev–Trinajstić information content (AvgIpc) is 2.69. The molecule has 0 amide bonds. The molecule has 1 rings (SSSR count). The van der Waals surface area contributed by atoms with E-state index < -0.39 is 41.7 Å². The molecule has 1 aliphatic rings. The molecule has 2 unspecified atom stereocenters. The van der Waals surface area contributed by atoms with Gasteiger partial charge in [-0.15, -0.1) is 0 Å². The van der Waals surface area contributed by atoms with Crippen molar-refractivity contribution in [3.05, 3.63) is 0 Å². The van der Waals surface area contributed by atoms with Crippen LogP contribution < -0.4 is 0 Å². The number of hydrogen-bond acceptors (Lipinski definition) is 5. The number of carbonyl (C=O) groups is 2. The molecule has 30 heavy (non-hydrogen) atoms. The molecule has 7 heteroatoms. The molecule has 0 spiro atoms. The second-order valence-electron chi connectivity index (χ2n) is 9.14. The van der Waals surface area contributed by atoms with E-state index in [1.807, 2.05) is 0 Å². The van der Waals surface area contributed by atoms with Gasteiger partial charge in [-0.3, -0.25) is 0 Å². The van der Waals surface area contributed by atoms with Gasteiger partial charge in [-0.1, -0.05) is 0 Å². The molecular formula is C23H46O5Sn2. The first-order valence-corrected chi connectivity index (χ1v) is 34.6. The molecular weight excluding hydrogens is 594 g/mol. The van der Waals surface area contributed by atoms with Crippen molar-refractivity contribution in [1.29, 1.82) is 0 Å². The van der Waals surface area contributed by atoms with Gasteiger partial charge in [0, 0.05) is 0 Å². The maximum atomic E-state index is 11.9. The molecule has 0 aromatic rings. The first-order valence-electron chi connectivity index (χ1n) is 12.3. The Morgan fingerprint density at radius 2 is 1.20 bits per heavy atom. The third kappa shape index (κ3) is 8.12. The van der Waals surface area contributed by atoms with E-state index in [2.05, 4.69) is 27.7 Å². The van der Waals surface area contributed by atoms with Crippen LogP contribution in [0.1, 0.15) is 92.9 Å². The van der Waals surface area contributed by atoms with E-state index in [4.69, 9.17) is 12.5 Å². The summed E-state index contributed by atoms with van der Waals surface area (Å²) in [5.74, 6) is -0.634. The van der Waals surface area contributed by atoms with Crippen LogP contribution in [-0.2, 0) is 22.1 Å². The van der Waals surface area contributed by atoms with Crippen molar-refractivity contribution in [3.63, 3.8) is 0 Å². The number of carbonyl (C=O) groups excluding carboxylic acids is 2. The molecule has 1 aliphatic heterocycles. The molecule has 0 aromatic heterocycles. The van der Waals surface area contributed by atoms with Crippen LogP contribution in [0.4, 0.5) is 0 Å². The van der Waals surface area contributed by atoms with Crippen molar-refractivity contribution in [2.75, 3.05) is 0 Å². The van der Waals surface area contributed by atoms with Gasteiger partial charge >= 0.3 is 191 Å².